The average molecular weight is 419 g/mol. The van der Waals surface area contributed by atoms with E-state index in [4.69, 9.17) is 4.74 Å². The molecular formula is C20H23BrN2O3. The van der Waals surface area contributed by atoms with Gasteiger partial charge in [0.05, 0.1) is 6.61 Å². The molecule has 0 aliphatic carbocycles. The van der Waals surface area contributed by atoms with Crippen LogP contribution in [0.15, 0.2) is 53.0 Å². The first-order valence-electron chi connectivity index (χ1n) is 8.69. The smallest absolute Gasteiger partial charge is 0.269 e. The van der Waals surface area contributed by atoms with Crippen molar-refractivity contribution in [1.82, 2.24) is 10.9 Å². The molecule has 0 saturated heterocycles. The van der Waals surface area contributed by atoms with Crippen LogP contribution in [-0.2, 0) is 0 Å². The highest BCUT2D eigenvalue weighted by molar-refractivity contribution is 9.10. The molecule has 0 saturated carbocycles. The van der Waals surface area contributed by atoms with Gasteiger partial charge in [-0.1, -0.05) is 42.1 Å². The highest BCUT2D eigenvalue weighted by atomic mass is 79.9. The maximum atomic E-state index is 12.1. The van der Waals surface area contributed by atoms with E-state index in [-0.39, 0.29) is 11.8 Å². The Balaban J connectivity index is 1.78. The third-order valence-electron chi connectivity index (χ3n) is 3.78. The van der Waals surface area contributed by atoms with Gasteiger partial charge in [-0.3, -0.25) is 20.4 Å². The van der Waals surface area contributed by atoms with E-state index in [1.54, 1.807) is 48.5 Å². The zero-order valence-electron chi connectivity index (χ0n) is 14.8. The standard InChI is InChI=1S/C20H23BrN2O3/c1-2-3-4-5-14-26-18-12-8-16(9-13-18)20(25)23-22-19(24)15-6-10-17(21)11-7-15/h6-13H,2-5,14H2,1H3,(H,22,24)(H,23,25). The molecule has 0 atom stereocenters. The zero-order valence-corrected chi connectivity index (χ0v) is 16.3. The van der Waals surface area contributed by atoms with Crippen LogP contribution in [0.1, 0.15) is 53.3 Å². The molecule has 0 spiro atoms. The van der Waals surface area contributed by atoms with Crippen LogP contribution in [0.3, 0.4) is 0 Å². The normalized spacial score (nSPS) is 10.2. The van der Waals surface area contributed by atoms with Crippen LogP contribution in [0.25, 0.3) is 0 Å². The number of halogens is 1. The molecule has 0 bridgehead atoms. The summed E-state index contributed by atoms with van der Waals surface area (Å²) in [6.45, 7) is 2.85. The van der Waals surface area contributed by atoms with Crippen molar-refractivity contribution < 1.29 is 14.3 Å². The predicted octanol–water partition coefficient (Wildman–Crippen LogP) is 4.48. The van der Waals surface area contributed by atoms with Gasteiger partial charge in [0.15, 0.2) is 0 Å². The Hall–Kier alpha value is -2.34. The summed E-state index contributed by atoms with van der Waals surface area (Å²) in [6, 6.07) is 13.7. The molecule has 26 heavy (non-hydrogen) atoms. The van der Waals surface area contributed by atoms with Crippen molar-refractivity contribution in [2.75, 3.05) is 6.61 Å². The molecule has 5 nitrogen and oxygen atoms in total. The predicted molar refractivity (Wildman–Crippen MR) is 105 cm³/mol. The number of ether oxygens (including phenoxy) is 1. The number of rotatable bonds is 8. The van der Waals surface area contributed by atoms with E-state index in [0.29, 0.717) is 17.7 Å². The summed E-state index contributed by atoms with van der Waals surface area (Å²) < 4.78 is 6.53. The minimum Gasteiger partial charge on any atom is -0.494 e. The molecule has 0 fully saturated rings. The second-order valence-electron chi connectivity index (χ2n) is 5.85. The van der Waals surface area contributed by atoms with Crippen LogP contribution >= 0.6 is 15.9 Å². The van der Waals surface area contributed by atoms with Gasteiger partial charge < -0.3 is 4.74 Å². The second kappa shape index (κ2) is 10.6. The minimum absolute atomic E-state index is 0.377. The van der Waals surface area contributed by atoms with Crippen molar-refractivity contribution in [2.45, 2.75) is 32.6 Å². The van der Waals surface area contributed by atoms with Crippen molar-refractivity contribution in [1.29, 1.82) is 0 Å². The Kier molecular flexibility index (Phi) is 8.15. The molecule has 0 unspecified atom stereocenters. The number of nitrogens with one attached hydrogen (secondary N) is 2. The lowest BCUT2D eigenvalue weighted by Gasteiger charge is -2.09. The first-order chi connectivity index (χ1) is 12.6. The average Bonchev–Trinajstić information content (AvgIpc) is 2.66. The van der Waals surface area contributed by atoms with E-state index in [0.717, 1.165) is 23.1 Å². The lowest BCUT2D eigenvalue weighted by Crippen LogP contribution is -2.41. The summed E-state index contributed by atoms with van der Waals surface area (Å²) in [7, 11) is 0. The van der Waals surface area contributed by atoms with Gasteiger partial charge in [-0.15, -0.1) is 0 Å². The zero-order chi connectivity index (χ0) is 18.8. The van der Waals surface area contributed by atoms with Crippen LogP contribution in [0, 0.1) is 0 Å². The fraction of sp³-hybridized carbons (Fsp3) is 0.300. The van der Waals surface area contributed by atoms with Crippen molar-refractivity contribution in [3.8, 4) is 5.75 Å². The van der Waals surface area contributed by atoms with Crippen LogP contribution in [0.5, 0.6) is 5.75 Å². The van der Waals surface area contributed by atoms with E-state index >= 15 is 0 Å². The second-order valence-corrected chi connectivity index (χ2v) is 6.76. The maximum Gasteiger partial charge on any atom is 0.269 e. The third kappa shape index (κ3) is 6.52. The Morgan fingerprint density at radius 3 is 1.92 bits per heavy atom. The van der Waals surface area contributed by atoms with E-state index in [1.165, 1.54) is 12.8 Å². The van der Waals surface area contributed by atoms with Crippen molar-refractivity contribution in [2.24, 2.45) is 0 Å². The Morgan fingerprint density at radius 1 is 0.846 bits per heavy atom. The number of unbranched alkanes of at least 4 members (excludes halogenated alkanes) is 3. The van der Waals surface area contributed by atoms with Crippen molar-refractivity contribution >= 4 is 27.7 Å². The maximum absolute atomic E-state index is 12.1. The van der Waals surface area contributed by atoms with Gasteiger partial charge in [0.2, 0.25) is 0 Å². The summed E-state index contributed by atoms with van der Waals surface area (Å²) >= 11 is 3.31. The molecule has 0 aliphatic rings. The van der Waals surface area contributed by atoms with E-state index in [1.807, 2.05) is 0 Å². The lowest BCUT2D eigenvalue weighted by molar-refractivity contribution is 0.0846. The van der Waals surface area contributed by atoms with Crippen LogP contribution in [0.4, 0.5) is 0 Å². The van der Waals surface area contributed by atoms with Gasteiger partial charge in [0, 0.05) is 15.6 Å². The molecule has 2 N–H and O–H groups in total. The summed E-state index contributed by atoms with van der Waals surface area (Å²) in [6.07, 6.45) is 4.60. The van der Waals surface area contributed by atoms with Gasteiger partial charge in [-0.25, -0.2) is 0 Å². The number of amides is 2. The minimum atomic E-state index is -0.384. The van der Waals surface area contributed by atoms with Crippen molar-refractivity contribution in [3.05, 3.63) is 64.1 Å². The molecule has 2 aromatic rings. The number of carbonyl (C=O) groups excluding carboxylic acids is 2. The number of carbonyl (C=O) groups is 2. The fourth-order valence-corrected chi connectivity index (χ4v) is 2.54. The molecule has 2 rings (SSSR count). The molecule has 0 aliphatic heterocycles. The summed E-state index contributed by atoms with van der Waals surface area (Å²) in [5, 5.41) is 0. The molecule has 2 amide bonds. The van der Waals surface area contributed by atoms with E-state index in [9.17, 15) is 9.59 Å². The molecule has 0 aromatic heterocycles. The van der Waals surface area contributed by atoms with E-state index < -0.39 is 0 Å². The molecular weight excluding hydrogens is 396 g/mol. The molecule has 138 valence electrons. The SMILES string of the molecule is CCCCCCOc1ccc(C(=O)NNC(=O)c2ccc(Br)cc2)cc1. The first-order valence-corrected chi connectivity index (χ1v) is 9.48. The highest BCUT2D eigenvalue weighted by Crippen LogP contribution is 2.13. The van der Waals surface area contributed by atoms with Crippen LogP contribution in [0.2, 0.25) is 0 Å². The van der Waals surface area contributed by atoms with Crippen molar-refractivity contribution in [3.63, 3.8) is 0 Å². The largest absolute Gasteiger partial charge is 0.494 e. The third-order valence-corrected chi connectivity index (χ3v) is 4.31. The van der Waals surface area contributed by atoms with Gasteiger partial charge in [0.1, 0.15) is 5.75 Å². The molecule has 2 aromatic carbocycles. The van der Waals surface area contributed by atoms with Gasteiger partial charge in [-0.05, 0) is 55.0 Å². The molecule has 6 heteroatoms. The Bertz CT molecular complexity index is 715. The number of benzene rings is 2. The fourth-order valence-electron chi connectivity index (χ4n) is 2.28. The summed E-state index contributed by atoms with van der Waals surface area (Å²) in [4.78, 5) is 24.1. The summed E-state index contributed by atoms with van der Waals surface area (Å²) in [5.74, 6) is -0.0280. The summed E-state index contributed by atoms with van der Waals surface area (Å²) in [5.41, 5.74) is 5.71. The quantitative estimate of drug-likeness (QED) is 0.490. The molecule has 0 radical (unpaired) electrons. The Morgan fingerprint density at radius 2 is 1.38 bits per heavy atom. The molecule has 0 heterocycles. The van der Waals surface area contributed by atoms with Gasteiger partial charge in [0.25, 0.3) is 11.8 Å². The highest BCUT2D eigenvalue weighted by Gasteiger charge is 2.09. The van der Waals surface area contributed by atoms with Gasteiger partial charge in [-0.2, -0.15) is 0 Å². The number of hydrazine groups is 1. The lowest BCUT2D eigenvalue weighted by atomic mass is 10.2. The van der Waals surface area contributed by atoms with Gasteiger partial charge >= 0.3 is 0 Å². The number of hydrogen-bond acceptors (Lipinski definition) is 3. The first kappa shape index (κ1) is 20.0. The number of hydrogen-bond donors (Lipinski definition) is 2. The van der Waals surface area contributed by atoms with E-state index in [2.05, 4.69) is 33.7 Å². The Labute approximate surface area is 162 Å². The van der Waals surface area contributed by atoms with Crippen LogP contribution < -0.4 is 15.6 Å². The topological polar surface area (TPSA) is 67.4 Å². The van der Waals surface area contributed by atoms with Crippen LogP contribution in [-0.4, -0.2) is 18.4 Å². The monoisotopic (exact) mass is 418 g/mol.